The molecule has 33 heavy (non-hydrogen) atoms. The Kier molecular flexibility index (Phi) is 6.85. The highest BCUT2D eigenvalue weighted by molar-refractivity contribution is 9.09. The molecule has 0 saturated carbocycles. The van der Waals surface area contributed by atoms with E-state index in [-0.39, 0.29) is 29.3 Å². The number of amides is 2. The summed E-state index contributed by atoms with van der Waals surface area (Å²) in [6.45, 7) is 15.7. The molecule has 0 aliphatic carbocycles. The molecule has 3 unspecified atom stereocenters. The van der Waals surface area contributed by atoms with Crippen LogP contribution in [0.2, 0.25) is 0 Å². The summed E-state index contributed by atoms with van der Waals surface area (Å²) in [5.74, 6) is -3.85. The third-order valence-electron chi connectivity index (χ3n) is 7.26. The molecule has 1 spiro atoms. The number of carboxylic acids is 1. The van der Waals surface area contributed by atoms with E-state index in [9.17, 15) is 24.6 Å². The minimum absolute atomic E-state index is 0.0642. The molecule has 3 rings (SSSR count). The molecule has 0 aromatic carbocycles. The standard InChI is InChI=1S/C24H37BrN2O6/c1-8-9-26(23(6,7)12-22(3,4)5)20(30)18-24-10-14(25)17(33-24)15(21(31)32)16(24)19(29)27(18)13(2)11-28/h8,13-18,28H,1,9-12H2,2-7H3,(H,31,32)/t13-,14?,15+,16+,17+,18?,24?/m1/s1. The lowest BCUT2D eigenvalue weighted by Gasteiger charge is -2.46. The van der Waals surface area contributed by atoms with Crippen molar-refractivity contribution in [1.29, 1.82) is 0 Å². The van der Waals surface area contributed by atoms with Crippen LogP contribution in [-0.2, 0) is 19.1 Å². The number of carbonyl (C=O) groups is 3. The molecule has 3 fully saturated rings. The van der Waals surface area contributed by atoms with Crippen molar-refractivity contribution in [3.05, 3.63) is 12.7 Å². The summed E-state index contributed by atoms with van der Waals surface area (Å²) >= 11 is 3.54. The molecule has 8 nitrogen and oxygen atoms in total. The van der Waals surface area contributed by atoms with E-state index >= 15 is 0 Å². The number of carbonyl (C=O) groups excluding carboxylic acids is 2. The van der Waals surface area contributed by atoms with Gasteiger partial charge in [-0.3, -0.25) is 14.4 Å². The van der Waals surface area contributed by atoms with Crippen molar-refractivity contribution >= 4 is 33.7 Å². The highest BCUT2D eigenvalue weighted by atomic mass is 79.9. The lowest BCUT2D eigenvalue weighted by molar-refractivity contribution is -0.156. The number of halogens is 1. The number of carboxylic acid groups (broad SMARTS) is 1. The molecule has 3 aliphatic rings. The molecule has 3 aliphatic heterocycles. The van der Waals surface area contributed by atoms with Crippen molar-refractivity contribution in [2.75, 3.05) is 13.2 Å². The largest absolute Gasteiger partial charge is 0.481 e. The van der Waals surface area contributed by atoms with Gasteiger partial charge in [-0.05, 0) is 39.0 Å². The SMILES string of the molecule is C=CCN(C(=O)C1N([C@H](C)CO)C(=O)[C@@H]2[C@H](C(=O)O)[C@H]3OC12CC3Br)C(C)(C)CC(C)(C)C. The normalized spacial score (nSPS) is 34.4. The third kappa shape index (κ3) is 4.14. The molecule has 3 heterocycles. The lowest BCUT2D eigenvalue weighted by Crippen LogP contribution is -2.62. The molecular weight excluding hydrogens is 492 g/mol. The fourth-order valence-electron chi connectivity index (χ4n) is 6.50. The molecule has 186 valence electrons. The maximum Gasteiger partial charge on any atom is 0.310 e. The molecule has 0 aromatic heterocycles. The Morgan fingerprint density at radius 3 is 2.45 bits per heavy atom. The van der Waals surface area contributed by atoms with E-state index in [1.54, 1.807) is 17.9 Å². The topological polar surface area (TPSA) is 107 Å². The number of aliphatic carboxylic acids is 1. The van der Waals surface area contributed by atoms with Gasteiger partial charge in [0.1, 0.15) is 11.6 Å². The predicted octanol–water partition coefficient (Wildman–Crippen LogP) is 2.43. The molecule has 2 bridgehead atoms. The Balaban J connectivity index is 2.13. The zero-order valence-electron chi connectivity index (χ0n) is 20.4. The summed E-state index contributed by atoms with van der Waals surface area (Å²) < 4.78 is 6.30. The number of aliphatic hydroxyl groups excluding tert-OH is 1. The van der Waals surface area contributed by atoms with Crippen LogP contribution in [0.25, 0.3) is 0 Å². The van der Waals surface area contributed by atoms with Gasteiger partial charge in [-0.15, -0.1) is 6.58 Å². The van der Waals surface area contributed by atoms with Crippen molar-refractivity contribution in [1.82, 2.24) is 9.80 Å². The fraction of sp³-hybridized carbons (Fsp3) is 0.792. The van der Waals surface area contributed by atoms with E-state index in [1.807, 2.05) is 13.8 Å². The van der Waals surface area contributed by atoms with Gasteiger partial charge in [0, 0.05) is 16.9 Å². The molecule has 2 N–H and O–H groups in total. The van der Waals surface area contributed by atoms with E-state index in [2.05, 4.69) is 43.3 Å². The molecule has 2 amide bonds. The predicted molar refractivity (Wildman–Crippen MR) is 127 cm³/mol. The number of likely N-dealkylation sites (tertiary alicyclic amines) is 1. The number of nitrogens with zero attached hydrogens (tertiary/aromatic N) is 2. The van der Waals surface area contributed by atoms with Gasteiger partial charge >= 0.3 is 5.97 Å². The minimum atomic E-state index is -1.25. The highest BCUT2D eigenvalue weighted by Crippen LogP contribution is 2.60. The second-order valence-corrected chi connectivity index (χ2v) is 12.7. The first-order valence-electron chi connectivity index (χ1n) is 11.5. The molecule has 7 atom stereocenters. The Morgan fingerprint density at radius 2 is 1.97 bits per heavy atom. The number of alkyl halides is 1. The van der Waals surface area contributed by atoms with E-state index in [4.69, 9.17) is 4.74 Å². The fourth-order valence-corrected chi connectivity index (χ4v) is 7.44. The van der Waals surface area contributed by atoms with Crippen LogP contribution >= 0.6 is 15.9 Å². The maximum atomic E-state index is 14.3. The molecule has 3 saturated heterocycles. The summed E-state index contributed by atoms with van der Waals surface area (Å²) in [6.07, 6.45) is 2.03. The average molecular weight is 529 g/mol. The van der Waals surface area contributed by atoms with E-state index in [0.717, 1.165) is 0 Å². The molecule has 0 radical (unpaired) electrons. The van der Waals surface area contributed by atoms with Gasteiger partial charge in [-0.1, -0.05) is 42.8 Å². The van der Waals surface area contributed by atoms with Gasteiger partial charge in [0.05, 0.1) is 30.6 Å². The van der Waals surface area contributed by atoms with Crippen LogP contribution < -0.4 is 0 Å². The molecule has 0 aromatic rings. The number of aliphatic hydroxyl groups is 1. The van der Waals surface area contributed by atoms with Crippen LogP contribution in [0.4, 0.5) is 0 Å². The Labute approximate surface area is 204 Å². The van der Waals surface area contributed by atoms with Crippen LogP contribution in [-0.4, -0.2) is 85.1 Å². The Bertz CT molecular complexity index is 839. The number of hydrogen-bond acceptors (Lipinski definition) is 5. The maximum absolute atomic E-state index is 14.3. The van der Waals surface area contributed by atoms with Gasteiger partial charge < -0.3 is 24.7 Å². The van der Waals surface area contributed by atoms with Crippen molar-refractivity contribution in [3.63, 3.8) is 0 Å². The second-order valence-electron chi connectivity index (χ2n) is 11.6. The Hall–Kier alpha value is -1.45. The summed E-state index contributed by atoms with van der Waals surface area (Å²) in [5.41, 5.74) is -1.88. The number of fused-ring (bicyclic) bond motifs is 1. The first kappa shape index (κ1) is 26.2. The third-order valence-corrected chi connectivity index (χ3v) is 8.10. The van der Waals surface area contributed by atoms with Gasteiger partial charge in [0.2, 0.25) is 11.8 Å². The average Bonchev–Trinajstić information content (AvgIpc) is 3.26. The first-order valence-corrected chi connectivity index (χ1v) is 12.4. The van der Waals surface area contributed by atoms with Crippen LogP contribution in [0.3, 0.4) is 0 Å². The lowest BCUT2D eigenvalue weighted by atomic mass is 9.70. The number of hydrogen-bond donors (Lipinski definition) is 2. The van der Waals surface area contributed by atoms with Crippen LogP contribution in [0.15, 0.2) is 12.7 Å². The monoisotopic (exact) mass is 528 g/mol. The number of ether oxygens (including phenoxy) is 1. The van der Waals surface area contributed by atoms with Crippen LogP contribution in [0.1, 0.15) is 54.4 Å². The smallest absolute Gasteiger partial charge is 0.310 e. The van der Waals surface area contributed by atoms with Crippen molar-refractivity contribution in [3.8, 4) is 0 Å². The summed E-state index contributed by atoms with van der Waals surface area (Å²) in [7, 11) is 0. The Morgan fingerprint density at radius 1 is 1.36 bits per heavy atom. The second kappa shape index (κ2) is 8.64. The zero-order valence-corrected chi connectivity index (χ0v) is 22.0. The van der Waals surface area contributed by atoms with Crippen LogP contribution in [0, 0.1) is 17.3 Å². The summed E-state index contributed by atoms with van der Waals surface area (Å²) in [6, 6.07) is -1.68. The molecule has 9 heteroatoms. The molecular formula is C24H37BrN2O6. The van der Waals surface area contributed by atoms with Gasteiger partial charge in [0.15, 0.2) is 0 Å². The van der Waals surface area contributed by atoms with Crippen molar-refractivity contribution < 1.29 is 29.3 Å². The van der Waals surface area contributed by atoms with Gasteiger partial charge in [0.25, 0.3) is 0 Å². The summed E-state index contributed by atoms with van der Waals surface area (Å²) in [4.78, 5) is 42.9. The van der Waals surface area contributed by atoms with E-state index in [1.165, 1.54) is 4.90 Å². The van der Waals surface area contributed by atoms with E-state index < -0.39 is 53.0 Å². The highest BCUT2D eigenvalue weighted by Gasteiger charge is 2.77. The van der Waals surface area contributed by atoms with Gasteiger partial charge in [-0.2, -0.15) is 0 Å². The number of rotatable bonds is 8. The van der Waals surface area contributed by atoms with E-state index in [0.29, 0.717) is 12.8 Å². The quantitative estimate of drug-likeness (QED) is 0.370. The van der Waals surface area contributed by atoms with Crippen LogP contribution in [0.5, 0.6) is 0 Å². The van der Waals surface area contributed by atoms with Crippen molar-refractivity contribution in [2.24, 2.45) is 17.3 Å². The minimum Gasteiger partial charge on any atom is -0.481 e. The first-order chi connectivity index (χ1) is 15.1. The summed E-state index contributed by atoms with van der Waals surface area (Å²) in [5, 5.41) is 19.9. The van der Waals surface area contributed by atoms with Crippen molar-refractivity contribution in [2.45, 2.75) is 88.5 Å². The zero-order chi connectivity index (χ0) is 25.1. The van der Waals surface area contributed by atoms with Gasteiger partial charge in [-0.25, -0.2) is 0 Å².